The highest BCUT2D eigenvalue weighted by Gasteiger charge is 2.31. The number of ether oxygens (including phenoxy) is 2. The van der Waals surface area contributed by atoms with E-state index in [1.807, 2.05) is 0 Å². The molecule has 0 radical (unpaired) electrons. The minimum atomic E-state index is 0.111. The first-order chi connectivity index (χ1) is 6.79. The van der Waals surface area contributed by atoms with E-state index in [4.69, 9.17) is 9.47 Å². The standard InChI is InChI=1S/C12H22O2/c1-12(7-3-5-9-14-12)10-11-6-2-4-8-13-11/h11H,2-10H2,1H3/t11?,12-/m0/s1. The van der Waals surface area contributed by atoms with Gasteiger partial charge in [-0.1, -0.05) is 0 Å². The van der Waals surface area contributed by atoms with Gasteiger partial charge in [-0.25, -0.2) is 0 Å². The Bertz CT molecular complexity index is 167. The van der Waals surface area contributed by atoms with Crippen molar-refractivity contribution >= 4 is 0 Å². The van der Waals surface area contributed by atoms with Gasteiger partial charge >= 0.3 is 0 Å². The third kappa shape index (κ3) is 2.71. The molecular formula is C12H22O2. The third-order valence-electron chi connectivity index (χ3n) is 3.48. The maximum absolute atomic E-state index is 5.89. The molecule has 2 saturated heterocycles. The van der Waals surface area contributed by atoms with Crippen molar-refractivity contribution in [3.8, 4) is 0 Å². The quantitative estimate of drug-likeness (QED) is 0.679. The average Bonchev–Trinajstić information content (AvgIpc) is 2.19. The number of hydrogen-bond donors (Lipinski definition) is 0. The molecular weight excluding hydrogens is 176 g/mol. The molecule has 2 aliphatic rings. The van der Waals surface area contributed by atoms with Gasteiger partial charge in [-0.2, -0.15) is 0 Å². The first-order valence-electron chi connectivity index (χ1n) is 6.04. The first-order valence-corrected chi connectivity index (χ1v) is 6.04. The van der Waals surface area contributed by atoms with Crippen molar-refractivity contribution in [1.29, 1.82) is 0 Å². The van der Waals surface area contributed by atoms with Gasteiger partial charge in [0.2, 0.25) is 0 Å². The van der Waals surface area contributed by atoms with Crippen LogP contribution in [0.15, 0.2) is 0 Å². The topological polar surface area (TPSA) is 18.5 Å². The summed E-state index contributed by atoms with van der Waals surface area (Å²) in [6.07, 6.45) is 9.16. The van der Waals surface area contributed by atoms with E-state index in [1.165, 1.54) is 38.5 Å². The summed E-state index contributed by atoms with van der Waals surface area (Å²) in [4.78, 5) is 0. The molecule has 2 heterocycles. The zero-order valence-corrected chi connectivity index (χ0v) is 9.26. The Labute approximate surface area is 87.0 Å². The van der Waals surface area contributed by atoms with Gasteiger partial charge in [0.25, 0.3) is 0 Å². The molecule has 0 saturated carbocycles. The second-order valence-corrected chi connectivity index (χ2v) is 4.95. The maximum atomic E-state index is 5.89. The lowest BCUT2D eigenvalue weighted by Crippen LogP contribution is -2.38. The largest absolute Gasteiger partial charge is 0.378 e. The van der Waals surface area contributed by atoms with Gasteiger partial charge in [0, 0.05) is 19.6 Å². The van der Waals surface area contributed by atoms with Crippen molar-refractivity contribution in [3.05, 3.63) is 0 Å². The predicted octanol–water partition coefficient (Wildman–Crippen LogP) is 2.90. The number of rotatable bonds is 2. The molecule has 1 unspecified atom stereocenters. The molecule has 2 aliphatic heterocycles. The van der Waals surface area contributed by atoms with Gasteiger partial charge in [0.15, 0.2) is 0 Å². The molecule has 2 nitrogen and oxygen atoms in total. The van der Waals surface area contributed by atoms with E-state index in [0.29, 0.717) is 6.10 Å². The average molecular weight is 198 g/mol. The Morgan fingerprint density at radius 1 is 1.14 bits per heavy atom. The van der Waals surface area contributed by atoms with E-state index in [-0.39, 0.29) is 5.60 Å². The third-order valence-corrected chi connectivity index (χ3v) is 3.48. The van der Waals surface area contributed by atoms with Crippen molar-refractivity contribution in [2.45, 2.75) is 63.6 Å². The van der Waals surface area contributed by atoms with Crippen LogP contribution in [0, 0.1) is 0 Å². The summed E-state index contributed by atoms with van der Waals surface area (Å²) in [7, 11) is 0. The summed E-state index contributed by atoms with van der Waals surface area (Å²) in [5.74, 6) is 0. The van der Waals surface area contributed by atoms with Gasteiger partial charge in [0.1, 0.15) is 0 Å². The molecule has 14 heavy (non-hydrogen) atoms. The van der Waals surface area contributed by atoms with Crippen LogP contribution in [0.25, 0.3) is 0 Å². The smallest absolute Gasteiger partial charge is 0.0679 e. The van der Waals surface area contributed by atoms with Crippen molar-refractivity contribution in [1.82, 2.24) is 0 Å². The van der Waals surface area contributed by atoms with Gasteiger partial charge in [0.05, 0.1) is 11.7 Å². The molecule has 82 valence electrons. The Balaban J connectivity index is 1.81. The zero-order chi connectivity index (χ0) is 9.86. The molecule has 0 N–H and O–H groups in total. The summed E-state index contributed by atoms with van der Waals surface area (Å²) in [5.41, 5.74) is 0.111. The summed E-state index contributed by atoms with van der Waals surface area (Å²) in [6, 6.07) is 0. The van der Waals surface area contributed by atoms with Crippen molar-refractivity contribution in [2.75, 3.05) is 13.2 Å². The fourth-order valence-electron chi connectivity index (χ4n) is 2.60. The van der Waals surface area contributed by atoms with Crippen LogP contribution in [0.4, 0.5) is 0 Å². The van der Waals surface area contributed by atoms with Gasteiger partial charge in [-0.05, 0) is 45.4 Å². The monoisotopic (exact) mass is 198 g/mol. The van der Waals surface area contributed by atoms with Gasteiger partial charge < -0.3 is 9.47 Å². The lowest BCUT2D eigenvalue weighted by Gasteiger charge is -2.37. The second kappa shape index (κ2) is 4.63. The molecule has 2 atom stereocenters. The second-order valence-electron chi connectivity index (χ2n) is 4.95. The highest BCUT2D eigenvalue weighted by molar-refractivity contribution is 4.83. The molecule has 0 amide bonds. The fourth-order valence-corrected chi connectivity index (χ4v) is 2.60. The van der Waals surface area contributed by atoms with Crippen LogP contribution < -0.4 is 0 Å². The summed E-state index contributed by atoms with van der Waals surface area (Å²) in [5, 5.41) is 0. The lowest BCUT2D eigenvalue weighted by molar-refractivity contribution is -0.108. The van der Waals surface area contributed by atoms with Gasteiger partial charge in [-0.15, -0.1) is 0 Å². The minimum Gasteiger partial charge on any atom is -0.378 e. The zero-order valence-electron chi connectivity index (χ0n) is 9.26. The van der Waals surface area contributed by atoms with E-state index in [0.717, 1.165) is 19.6 Å². The molecule has 0 spiro atoms. The molecule has 0 aliphatic carbocycles. The van der Waals surface area contributed by atoms with Crippen LogP contribution >= 0.6 is 0 Å². The van der Waals surface area contributed by atoms with E-state index in [9.17, 15) is 0 Å². The van der Waals surface area contributed by atoms with Crippen molar-refractivity contribution in [2.24, 2.45) is 0 Å². The summed E-state index contributed by atoms with van der Waals surface area (Å²) >= 11 is 0. The predicted molar refractivity (Wildman–Crippen MR) is 56.4 cm³/mol. The molecule has 0 aromatic heterocycles. The normalized spacial score (nSPS) is 39.6. The van der Waals surface area contributed by atoms with E-state index < -0.39 is 0 Å². The minimum absolute atomic E-state index is 0.111. The summed E-state index contributed by atoms with van der Waals surface area (Å²) in [6.45, 7) is 4.16. The van der Waals surface area contributed by atoms with Crippen molar-refractivity contribution < 1.29 is 9.47 Å². The highest BCUT2D eigenvalue weighted by Crippen LogP contribution is 2.31. The van der Waals surface area contributed by atoms with Crippen LogP contribution in [0.3, 0.4) is 0 Å². The van der Waals surface area contributed by atoms with Crippen molar-refractivity contribution in [3.63, 3.8) is 0 Å². The molecule has 0 bridgehead atoms. The van der Waals surface area contributed by atoms with Crippen LogP contribution in [0.2, 0.25) is 0 Å². The Morgan fingerprint density at radius 3 is 2.64 bits per heavy atom. The van der Waals surface area contributed by atoms with E-state index >= 15 is 0 Å². The molecule has 2 rings (SSSR count). The van der Waals surface area contributed by atoms with Crippen LogP contribution in [0.1, 0.15) is 51.9 Å². The van der Waals surface area contributed by atoms with Crippen LogP contribution in [-0.2, 0) is 9.47 Å². The highest BCUT2D eigenvalue weighted by atomic mass is 16.5. The molecule has 0 aromatic rings. The van der Waals surface area contributed by atoms with Crippen LogP contribution in [-0.4, -0.2) is 24.9 Å². The van der Waals surface area contributed by atoms with E-state index in [1.54, 1.807) is 0 Å². The maximum Gasteiger partial charge on any atom is 0.0679 e. The Morgan fingerprint density at radius 2 is 2.00 bits per heavy atom. The Hall–Kier alpha value is -0.0800. The molecule has 2 fully saturated rings. The lowest BCUT2D eigenvalue weighted by atomic mass is 9.88. The first kappa shape index (κ1) is 10.4. The molecule has 2 heteroatoms. The SMILES string of the molecule is C[C@@]1(CC2CCCCO2)CCCCO1. The van der Waals surface area contributed by atoms with Gasteiger partial charge in [-0.3, -0.25) is 0 Å². The summed E-state index contributed by atoms with van der Waals surface area (Å²) < 4.78 is 11.7. The van der Waals surface area contributed by atoms with E-state index in [2.05, 4.69) is 6.92 Å². The number of hydrogen-bond acceptors (Lipinski definition) is 2. The Kier molecular flexibility index (Phi) is 3.45. The van der Waals surface area contributed by atoms with Crippen LogP contribution in [0.5, 0.6) is 0 Å². The molecule has 0 aromatic carbocycles. The fraction of sp³-hybridized carbons (Fsp3) is 1.00.